The highest BCUT2D eigenvalue weighted by atomic mass is 16.1. The minimum atomic E-state index is 0.532. The summed E-state index contributed by atoms with van der Waals surface area (Å²) >= 11 is 0. The fourth-order valence-electron chi connectivity index (χ4n) is 0.922. The molecule has 1 amide bonds. The van der Waals surface area contributed by atoms with E-state index in [1.165, 1.54) is 10.8 Å². The van der Waals surface area contributed by atoms with E-state index in [0.29, 0.717) is 17.7 Å². The normalized spacial score (nSPS) is 10.0. The summed E-state index contributed by atoms with van der Waals surface area (Å²) in [5, 5.41) is 13.8. The van der Waals surface area contributed by atoms with E-state index in [2.05, 4.69) is 20.6 Å². The lowest BCUT2D eigenvalue weighted by Gasteiger charge is -1.97. The molecular weight excluding hydrogens is 158 g/mol. The van der Waals surface area contributed by atoms with E-state index < -0.39 is 0 Å². The van der Waals surface area contributed by atoms with Crippen molar-refractivity contribution in [2.24, 2.45) is 0 Å². The van der Waals surface area contributed by atoms with Gasteiger partial charge in [-0.1, -0.05) is 0 Å². The molecule has 2 heterocycles. The molecule has 6 nitrogen and oxygen atoms in total. The molecular formula is C6H5N5O. The average molecular weight is 163 g/mol. The van der Waals surface area contributed by atoms with Crippen LogP contribution >= 0.6 is 0 Å². The number of anilines is 1. The predicted octanol–water partition coefficient (Wildman–Crippen LogP) is -0.307. The van der Waals surface area contributed by atoms with Gasteiger partial charge in [0.05, 0.1) is 11.9 Å². The number of rotatable bonds is 2. The van der Waals surface area contributed by atoms with Crippen LogP contribution in [0.4, 0.5) is 5.69 Å². The van der Waals surface area contributed by atoms with Crippen LogP contribution in [0.1, 0.15) is 0 Å². The van der Waals surface area contributed by atoms with Crippen LogP contribution in [0.2, 0.25) is 0 Å². The molecule has 6 heteroatoms. The third-order valence-corrected chi connectivity index (χ3v) is 1.42. The summed E-state index contributed by atoms with van der Waals surface area (Å²) in [5.41, 5.74) is 1.13. The van der Waals surface area contributed by atoms with Crippen molar-refractivity contribution < 1.29 is 4.79 Å². The number of nitrogens with zero attached hydrogens (tertiary/aromatic N) is 4. The standard InChI is InChI=1S/C6H5N5O/c12-4-7-5-1-2-9-11-3-8-10-6(5)11/h1-4H,(H,7,12). The maximum atomic E-state index is 10.2. The molecule has 2 aromatic rings. The monoisotopic (exact) mass is 163 g/mol. The zero-order chi connectivity index (χ0) is 8.39. The molecule has 0 spiro atoms. The Hall–Kier alpha value is -1.98. The van der Waals surface area contributed by atoms with Crippen molar-refractivity contribution in [3.63, 3.8) is 0 Å². The van der Waals surface area contributed by atoms with Gasteiger partial charge >= 0.3 is 0 Å². The van der Waals surface area contributed by atoms with Gasteiger partial charge in [-0.2, -0.15) is 9.61 Å². The lowest BCUT2D eigenvalue weighted by Crippen LogP contribution is -1.98. The number of fused-ring (bicyclic) bond motifs is 1. The van der Waals surface area contributed by atoms with Gasteiger partial charge in [-0.3, -0.25) is 4.79 Å². The molecule has 0 unspecified atom stereocenters. The van der Waals surface area contributed by atoms with Crippen molar-refractivity contribution in [3.8, 4) is 0 Å². The lowest BCUT2D eigenvalue weighted by molar-refractivity contribution is -0.105. The Morgan fingerprint density at radius 3 is 3.33 bits per heavy atom. The Morgan fingerprint density at radius 1 is 1.58 bits per heavy atom. The van der Waals surface area contributed by atoms with Crippen LogP contribution in [0.5, 0.6) is 0 Å². The van der Waals surface area contributed by atoms with Crippen molar-refractivity contribution in [1.82, 2.24) is 19.8 Å². The van der Waals surface area contributed by atoms with Crippen molar-refractivity contribution in [2.75, 3.05) is 5.32 Å². The number of amides is 1. The van der Waals surface area contributed by atoms with Crippen LogP contribution in [0, 0.1) is 0 Å². The third kappa shape index (κ3) is 0.895. The summed E-state index contributed by atoms with van der Waals surface area (Å²) in [6.45, 7) is 0. The molecule has 2 aromatic heterocycles. The summed E-state index contributed by atoms with van der Waals surface area (Å²) in [7, 11) is 0. The molecule has 0 saturated heterocycles. The Bertz CT molecular complexity index is 409. The molecule has 0 saturated carbocycles. The summed E-state index contributed by atoms with van der Waals surface area (Å²) in [5.74, 6) is 0. The van der Waals surface area contributed by atoms with Crippen LogP contribution in [0.15, 0.2) is 18.6 Å². The highest BCUT2D eigenvalue weighted by molar-refractivity contribution is 5.79. The van der Waals surface area contributed by atoms with Gasteiger partial charge in [0.1, 0.15) is 6.33 Å². The Morgan fingerprint density at radius 2 is 2.50 bits per heavy atom. The maximum Gasteiger partial charge on any atom is 0.211 e. The first-order valence-corrected chi connectivity index (χ1v) is 3.27. The summed E-state index contributed by atoms with van der Waals surface area (Å²) in [6.07, 6.45) is 3.61. The number of carbonyl (C=O) groups excluding carboxylic acids is 1. The molecule has 0 aliphatic rings. The van der Waals surface area contributed by atoms with Gasteiger partial charge in [-0.15, -0.1) is 10.2 Å². The minimum Gasteiger partial charge on any atom is -0.325 e. The molecule has 0 atom stereocenters. The first-order valence-electron chi connectivity index (χ1n) is 3.27. The number of carbonyl (C=O) groups is 1. The molecule has 0 aliphatic heterocycles. The second kappa shape index (κ2) is 2.57. The Balaban J connectivity index is 2.65. The quantitative estimate of drug-likeness (QED) is 0.616. The van der Waals surface area contributed by atoms with Gasteiger partial charge in [0.2, 0.25) is 12.1 Å². The molecule has 0 bridgehead atoms. The van der Waals surface area contributed by atoms with Crippen LogP contribution in [0.25, 0.3) is 5.65 Å². The van der Waals surface area contributed by atoms with E-state index in [1.807, 2.05) is 0 Å². The van der Waals surface area contributed by atoms with E-state index >= 15 is 0 Å². The van der Waals surface area contributed by atoms with Gasteiger partial charge in [0, 0.05) is 0 Å². The predicted molar refractivity (Wildman–Crippen MR) is 40.5 cm³/mol. The Kier molecular flexibility index (Phi) is 1.44. The van der Waals surface area contributed by atoms with Crippen LogP contribution in [-0.2, 0) is 4.79 Å². The van der Waals surface area contributed by atoms with E-state index in [1.54, 1.807) is 12.3 Å². The molecule has 0 aliphatic carbocycles. The van der Waals surface area contributed by atoms with Crippen LogP contribution < -0.4 is 5.32 Å². The molecule has 0 aromatic carbocycles. The van der Waals surface area contributed by atoms with Gasteiger partial charge < -0.3 is 5.32 Å². The van der Waals surface area contributed by atoms with E-state index in [9.17, 15) is 4.79 Å². The Labute approximate surface area is 67.2 Å². The maximum absolute atomic E-state index is 10.2. The van der Waals surface area contributed by atoms with Crippen molar-refractivity contribution in [2.45, 2.75) is 0 Å². The molecule has 60 valence electrons. The zero-order valence-corrected chi connectivity index (χ0v) is 6.01. The number of aromatic nitrogens is 4. The molecule has 0 radical (unpaired) electrons. The lowest BCUT2D eigenvalue weighted by atomic mass is 10.4. The summed E-state index contributed by atoms with van der Waals surface area (Å²) in [6, 6.07) is 1.65. The minimum absolute atomic E-state index is 0.532. The van der Waals surface area contributed by atoms with E-state index in [4.69, 9.17) is 0 Å². The second-order valence-corrected chi connectivity index (χ2v) is 2.11. The second-order valence-electron chi connectivity index (χ2n) is 2.11. The van der Waals surface area contributed by atoms with Crippen molar-refractivity contribution >= 4 is 17.7 Å². The molecule has 0 fully saturated rings. The SMILES string of the molecule is O=CNc1ccnn2cnnc12. The molecule has 2 rings (SSSR count). The third-order valence-electron chi connectivity index (χ3n) is 1.42. The topological polar surface area (TPSA) is 72.2 Å². The largest absolute Gasteiger partial charge is 0.325 e. The first-order chi connectivity index (χ1) is 5.92. The fourth-order valence-corrected chi connectivity index (χ4v) is 0.922. The summed E-state index contributed by atoms with van der Waals surface area (Å²) in [4.78, 5) is 10.2. The fraction of sp³-hybridized carbons (Fsp3) is 0. The van der Waals surface area contributed by atoms with Gasteiger partial charge in [0.25, 0.3) is 0 Å². The van der Waals surface area contributed by atoms with E-state index in [0.717, 1.165) is 0 Å². The van der Waals surface area contributed by atoms with Crippen LogP contribution in [0.3, 0.4) is 0 Å². The number of hydrogen-bond donors (Lipinski definition) is 1. The highest BCUT2D eigenvalue weighted by Crippen LogP contribution is 2.09. The summed E-state index contributed by atoms with van der Waals surface area (Å²) < 4.78 is 1.48. The number of hydrogen-bond acceptors (Lipinski definition) is 4. The smallest absolute Gasteiger partial charge is 0.211 e. The molecule has 1 N–H and O–H groups in total. The van der Waals surface area contributed by atoms with Gasteiger partial charge in [-0.05, 0) is 6.07 Å². The van der Waals surface area contributed by atoms with Crippen LogP contribution in [-0.4, -0.2) is 26.2 Å². The average Bonchev–Trinajstić information content (AvgIpc) is 2.53. The van der Waals surface area contributed by atoms with Gasteiger partial charge in [-0.25, -0.2) is 0 Å². The van der Waals surface area contributed by atoms with Crippen molar-refractivity contribution in [1.29, 1.82) is 0 Å². The zero-order valence-electron chi connectivity index (χ0n) is 6.01. The number of nitrogens with one attached hydrogen (secondary N) is 1. The van der Waals surface area contributed by atoms with Crippen molar-refractivity contribution in [3.05, 3.63) is 18.6 Å². The highest BCUT2D eigenvalue weighted by Gasteiger charge is 2.01. The molecule has 12 heavy (non-hydrogen) atoms. The first kappa shape index (κ1) is 6.71. The van der Waals surface area contributed by atoms with E-state index in [-0.39, 0.29) is 0 Å². The van der Waals surface area contributed by atoms with Gasteiger partial charge in [0.15, 0.2) is 0 Å².